The molecule has 5 rings (SSSR count). The smallest absolute Gasteiger partial charge is 0.407 e. The van der Waals surface area contributed by atoms with Gasteiger partial charge in [-0.15, -0.1) is 0 Å². The average Bonchev–Trinajstić information content (AvgIpc) is 3.18. The van der Waals surface area contributed by atoms with Gasteiger partial charge in [-0.3, -0.25) is 9.59 Å². The Kier molecular flexibility index (Phi) is 13.9. The van der Waals surface area contributed by atoms with Crippen molar-refractivity contribution in [3.63, 3.8) is 0 Å². The molecule has 6 atom stereocenters. The lowest BCUT2D eigenvalue weighted by molar-refractivity contribution is -0.128. The fourth-order valence-electron chi connectivity index (χ4n) is 6.65. The van der Waals surface area contributed by atoms with Gasteiger partial charge in [0, 0.05) is 34.3 Å². The van der Waals surface area contributed by atoms with Crippen molar-refractivity contribution in [3.05, 3.63) is 113 Å². The minimum absolute atomic E-state index is 0.0867. The molecule has 0 unspecified atom stereocenters. The molecular weight excluding hydrogens is 743 g/mol. The van der Waals surface area contributed by atoms with Crippen LogP contribution in [0.1, 0.15) is 49.9 Å². The van der Waals surface area contributed by atoms with Gasteiger partial charge in [0.1, 0.15) is 30.3 Å². The molecule has 5 N–H and O–H groups in total. The molecule has 1 aliphatic rings. The second-order valence-corrected chi connectivity index (χ2v) is 15.3. The van der Waals surface area contributed by atoms with Crippen molar-refractivity contribution in [2.24, 2.45) is 11.3 Å². The highest BCUT2D eigenvalue weighted by Crippen LogP contribution is 2.35. The van der Waals surface area contributed by atoms with Crippen LogP contribution in [0.4, 0.5) is 9.18 Å². The Morgan fingerprint density at radius 1 is 0.964 bits per heavy atom. The summed E-state index contributed by atoms with van der Waals surface area (Å²) >= 11 is 6.27. The van der Waals surface area contributed by atoms with Crippen LogP contribution in [0.5, 0.6) is 11.6 Å². The molecule has 1 aromatic heterocycles. The lowest BCUT2D eigenvalue weighted by Crippen LogP contribution is -2.57. The highest BCUT2D eigenvalue weighted by Gasteiger charge is 2.38. The number of benzene rings is 3. The van der Waals surface area contributed by atoms with Gasteiger partial charge in [0.15, 0.2) is 0 Å². The number of aliphatic hydroxyl groups excluding tert-OH is 2. The standard InChI is InChI=1S/C42H48ClFN4O8/c1-42(2,3)38(48-41(53)55-5)40(52)46-32(18-24-10-12-25(13-11-24)27-14-17-36(54-4)45-22-27)33(49)20-28(19-26-8-6-7-9-31(26)44)39(51)47-37-30-21-29(43)15-16-35(30)56-23-34(37)50/h6-17,21-22,28,32-34,37-38,49-50H,18-20,23H2,1-5H3,(H,46,52)(H,47,51)(H,48,53)/t28-,32+,33+,34-,37+,38-/m1/s1. The molecule has 0 fully saturated rings. The zero-order chi connectivity index (χ0) is 40.6. The van der Waals surface area contributed by atoms with Gasteiger partial charge >= 0.3 is 6.09 Å². The lowest BCUT2D eigenvalue weighted by atomic mass is 9.85. The van der Waals surface area contributed by atoms with Crippen molar-refractivity contribution in [1.82, 2.24) is 20.9 Å². The van der Waals surface area contributed by atoms with E-state index in [0.29, 0.717) is 22.2 Å². The zero-order valence-electron chi connectivity index (χ0n) is 31.9. The topological polar surface area (TPSA) is 168 Å². The first-order chi connectivity index (χ1) is 26.7. The largest absolute Gasteiger partial charge is 0.490 e. The van der Waals surface area contributed by atoms with E-state index in [9.17, 15) is 24.6 Å². The molecule has 298 valence electrons. The Hall–Kier alpha value is -5.24. The second kappa shape index (κ2) is 18.6. The predicted octanol–water partition coefficient (Wildman–Crippen LogP) is 5.57. The number of hydrogen-bond donors (Lipinski definition) is 5. The molecule has 0 bridgehead atoms. The Bertz CT molecular complexity index is 1980. The molecule has 1 aliphatic heterocycles. The molecule has 0 spiro atoms. The van der Waals surface area contributed by atoms with E-state index in [1.807, 2.05) is 30.3 Å². The molecule has 56 heavy (non-hydrogen) atoms. The van der Waals surface area contributed by atoms with Crippen molar-refractivity contribution in [2.45, 2.75) is 70.4 Å². The number of hydrogen-bond acceptors (Lipinski definition) is 9. The molecule has 12 nitrogen and oxygen atoms in total. The summed E-state index contributed by atoms with van der Waals surface area (Å²) in [7, 11) is 2.73. The van der Waals surface area contributed by atoms with Crippen molar-refractivity contribution < 1.29 is 43.2 Å². The Morgan fingerprint density at radius 3 is 2.32 bits per heavy atom. The SMILES string of the molecule is COC(=O)N[C@H](C(=O)N[C@@H](Cc1ccc(-c2ccc(OC)nc2)cc1)[C@@H](O)C[C@@H](Cc1ccccc1F)C(=O)N[C@H]1c2cc(Cl)ccc2OC[C@H]1O)C(C)(C)C. The molecule has 3 amide bonds. The molecule has 0 saturated heterocycles. The molecule has 4 aromatic rings. The number of carbonyl (C=O) groups excluding carboxylic acids is 3. The lowest BCUT2D eigenvalue weighted by Gasteiger charge is -2.34. The number of pyridine rings is 1. The maximum absolute atomic E-state index is 15.1. The van der Waals surface area contributed by atoms with Crippen LogP contribution in [0.25, 0.3) is 11.1 Å². The fourth-order valence-corrected chi connectivity index (χ4v) is 6.83. The number of nitrogens with zero attached hydrogens (tertiary/aromatic N) is 1. The van der Waals surface area contributed by atoms with Gasteiger partial charge in [-0.05, 0) is 71.7 Å². The minimum atomic E-state index is -1.35. The number of amides is 3. The van der Waals surface area contributed by atoms with Crippen LogP contribution in [-0.2, 0) is 27.2 Å². The Balaban J connectivity index is 1.45. The van der Waals surface area contributed by atoms with Gasteiger partial charge in [-0.2, -0.15) is 0 Å². The fraction of sp³-hybridized carbons (Fsp3) is 0.381. The number of rotatable bonds is 14. The van der Waals surface area contributed by atoms with Gasteiger partial charge in [0.05, 0.1) is 32.4 Å². The van der Waals surface area contributed by atoms with Crippen LogP contribution in [0.3, 0.4) is 0 Å². The van der Waals surface area contributed by atoms with Gasteiger partial charge in [0.25, 0.3) is 0 Å². The molecular formula is C42H48ClFN4O8. The molecule has 2 heterocycles. The zero-order valence-corrected chi connectivity index (χ0v) is 32.7. The minimum Gasteiger partial charge on any atom is -0.490 e. The number of nitrogens with one attached hydrogen (secondary N) is 3. The molecule has 0 radical (unpaired) electrons. The van der Waals surface area contributed by atoms with Crippen molar-refractivity contribution in [1.29, 1.82) is 0 Å². The van der Waals surface area contributed by atoms with Gasteiger partial charge < -0.3 is 40.4 Å². The number of halogens is 2. The normalized spacial score (nSPS) is 17.2. The summed E-state index contributed by atoms with van der Waals surface area (Å²) in [5.74, 6) is -1.78. The number of ether oxygens (including phenoxy) is 3. The molecule has 0 saturated carbocycles. The van der Waals surface area contributed by atoms with Crippen LogP contribution in [0.15, 0.2) is 85.1 Å². The number of aromatic nitrogens is 1. The van der Waals surface area contributed by atoms with E-state index in [0.717, 1.165) is 16.7 Å². The second-order valence-electron chi connectivity index (χ2n) is 14.9. The van der Waals surface area contributed by atoms with E-state index in [1.54, 1.807) is 63.4 Å². The number of carbonyl (C=O) groups is 3. The Morgan fingerprint density at radius 2 is 1.68 bits per heavy atom. The molecule has 14 heteroatoms. The quantitative estimate of drug-likeness (QED) is 0.110. The number of methoxy groups -OCH3 is 2. The van der Waals surface area contributed by atoms with Crippen molar-refractivity contribution in [3.8, 4) is 22.8 Å². The summed E-state index contributed by atoms with van der Waals surface area (Å²) in [5, 5.41) is 31.7. The average molecular weight is 791 g/mol. The van der Waals surface area contributed by atoms with E-state index >= 15 is 4.39 Å². The maximum atomic E-state index is 15.1. The number of aliphatic hydroxyl groups is 2. The third-order valence-corrected chi connectivity index (χ3v) is 10.0. The third kappa shape index (κ3) is 10.7. The van der Waals surface area contributed by atoms with Crippen LogP contribution >= 0.6 is 11.6 Å². The summed E-state index contributed by atoms with van der Waals surface area (Å²) in [4.78, 5) is 44.7. The van der Waals surface area contributed by atoms with E-state index < -0.39 is 65.4 Å². The van der Waals surface area contributed by atoms with Gasteiger partial charge in [0.2, 0.25) is 17.7 Å². The van der Waals surface area contributed by atoms with Crippen LogP contribution in [0.2, 0.25) is 5.02 Å². The summed E-state index contributed by atoms with van der Waals surface area (Å²) < 4.78 is 30.7. The van der Waals surface area contributed by atoms with Crippen LogP contribution < -0.4 is 25.4 Å². The number of fused-ring (bicyclic) bond motifs is 1. The van der Waals surface area contributed by atoms with E-state index in [-0.39, 0.29) is 31.4 Å². The van der Waals surface area contributed by atoms with E-state index in [4.69, 9.17) is 25.8 Å². The first-order valence-corrected chi connectivity index (χ1v) is 18.6. The van der Waals surface area contributed by atoms with Gasteiger partial charge in [-0.1, -0.05) is 74.8 Å². The summed E-state index contributed by atoms with van der Waals surface area (Å²) in [6.45, 7) is 5.24. The highest BCUT2D eigenvalue weighted by molar-refractivity contribution is 6.30. The Labute approximate surface area is 330 Å². The predicted molar refractivity (Wildman–Crippen MR) is 209 cm³/mol. The first kappa shape index (κ1) is 41.9. The summed E-state index contributed by atoms with van der Waals surface area (Å²) in [5.41, 5.74) is 2.43. The van der Waals surface area contributed by atoms with Crippen molar-refractivity contribution >= 4 is 29.5 Å². The van der Waals surface area contributed by atoms with E-state index in [2.05, 4.69) is 20.9 Å². The van der Waals surface area contributed by atoms with Crippen LogP contribution in [0, 0.1) is 17.2 Å². The highest BCUT2D eigenvalue weighted by atomic mass is 35.5. The molecule has 0 aliphatic carbocycles. The van der Waals surface area contributed by atoms with Crippen LogP contribution in [-0.4, -0.2) is 78.2 Å². The third-order valence-electron chi connectivity index (χ3n) is 9.78. The van der Waals surface area contributed by atoms with Crippen molar-refractivity contribution in [2.75, 3.05) is 20.8 Å². The molecule has 3 aromatic carbocycles. The van der Waals surface area contributed by atoms with Gasteiger partial charge in [-0.25, -0.2) is 14.2 Å². The summed E-state index contributed by atoms with van der Waals surface area (Å²) in [6.07, 6.45) is -1.78. The maximum Gasteiger partial charge on any atom is 0.407 e. The summed E-state index contributed by atoms with van der Waals surface area (Å²) in [6, 6.07) is 19.1. The first-order valence-electron chi connectivity index (χ1n) is 18.2. The monoisotopic (exact) mass is 790 g/mol. The number of alkyl carbamates (subject to hydrolysis) is 1. The van der Waals surface area contributed by atoms with E-state index in [1.165, 1.54) is 26.4 Å².